The summed E-state index contributed by atoms with van der Waals surface area (Å²) in [5.41, 5.74) is 1.27. The summed E-state index contributed by atoms with van der Waals surface area (Å²) >= 11 is 5.23. The fourth-order valence-corrected chi connectivity index (χ4v) is 3.41. The quantitative estimate of drug-likeness (QED) is 0.668. The third kappa shape index (κ3) is 3.73. The van der Waals surface area contributed by atoms with Crippen molar-refractivity contribution in [3.05, 3.63) is 27.5 Å². The molecule has 1 aromatic carbocycles. The molecular formula is C15H19BrO3S. The maximum Gasteiger partial charge on any atom is 0.191 e. The van der Waals surface area contributed by atoms with Gasteiger partial charge in [-0.25, -0.2) is 0 Å². The van der Waals surface area contributed by atoms with Crippen LogP contribution in [0.2, 0.25) is 0 Å². The average molecular weight is 359 g/mol. The van der Waals surface area contributed by atoms with Crippen molar-refractivity contribution in [2.24, 2.45) is 0 Å². The first-order chi connectivity index (χ1) is 9.65. The van der Waals surface area contributed by atoms with Gasteiger partial charge < -0.3 is 14.2 Å². The van der Waals surface area contributed by atoms with E-state index in [-0.39, 0.29) is 6.29 Å². The Balaban J connectivity index is 2.16. The molecule has 1 aromatic heterocycles. The van der Waals surface area contributed by atoms with E-state index < -0.39 is 0 Å². The van der Waals surface area contributed by atoms with Crippen molar-refractivity contribution in [2.75, 3.05) is 19.8 Å². The van der Waals surface area contributed by atoms with Gasteiger partial charge in [-0.05, 0) is 43.8 Å². The molecule has 0 aliphatic carbocycles. The van der Waals surface area contributed by atoms with Crippen LogP contribution in [-0.4, -0.2) is 26.1 Å². The van der Waals surface area contributed by atoms with E-state index in [4.69, 9.17) is 14.2 Å². The van der Waals surface area contributed by atoms with E-state index in [1.807, 2.05) is 19.9 Å². The molecule has 1 heterocycles. The van der Waals surface area contributed by atoms with Crippen molar-refractivity contribution in [2.45, 2.75) is 27.1 Å². The summed E-state index contributed by atoms with van der Waals surface area (Å²) in [5.74, 6) is 0.872. The van der Waals surface area contributed by atoms with Gasteiger partial charge in [0.2, 0.25) is 0 Å². The zero-order chi connectivity index (χ0) is 14.5. The largest absolute Gasteiger partial charge is 0.487 e. The van der Waals surface area contributed by atoms with E-state index in [1.165, 1.54) is 10.9 Å². The monoisotopic (exact) mass is 358 g/mol. The normalized spacial score (nSPS) is 11.4. The maximum atomic E-state index is 5.91. The highest BCUT2D eigenvalue weighted by Gasteiger charge is 2.13. The maximum absolute atomic E-state index is 5.91. The van der Waals surface area contributed by atoms with Crippen molar-refractivity contribution in [1.29, 1.82) is 0 Å². The van der Waals surface area contributed by atoms with E-state index in [2.05, 4.69) is 34.3 Å². The molecule has 0 unspecified atom stereocenters. The minimum Gasteiger partial charge on any atom is -0.487 e. The van der Waals surface area contributed by atoms with E-state index in [9.17, 15) is 0 Å². The van der Waals surface area contributed by atoms with Gasteiger partial charge in [-0.15, -0.1) is 11.3 Å². The first-order valence-electron chi connectivity index (χ1n) is 6.69. The molecule has 2 rings (SSSR count). The Morgan fingerprint density at radius 1 is 1.20 bits per heavy atom. The predicted molar refractivity (Wildman–Crippen MR) is 86.8 cm³/mol. The van der Waals surface area contributed by atoms with Gasteiger partial charge in [0.1, 0.15) is 12.4 Å². The van der Waals surface area contributed by atoms with Crippen LogP contribution >= 0.6 is 27.3 Å². The molecule has 0 spiro atoms. The van der Waals surface area contributed by atoms with Gasteiger partial charge in [0, 0.05) is 23.1 Å². The van der Waals surface area contributed by atoms with Gasteiger partial charge >= 0.3 is 0 Å². The molecule has 110 valence electrons. The van der Waals surface area contributed by atoms with Gasteiger partial charge in [-0.1, -0.05) is 15.9 Å². The second kappa shape index (κ2) is 7.41. The fourth-order valence-electron chi connectivity index (χ4n) is 1.98. The first kappa shape index (κ1) is 15.8. The molecule has 3 nitrogen and oxygen atoms in total. The Labute approximate surface area is 132 Å². The van der Waals surface area contributed by atoms with Crippen LogP contribution in [0.15, 0.2) is 22.0 Å². The summed E-state index contributed by atoms with van der Waals surface area (Å²) in [4.78, 5) is 0. The third-order valence-corrected chi connectivity index (χ3v) is 4.46. The Bertz CT molecular complexity index is 561. The van der Waals surface area contributed by atoms with Crippen LogP contribution in [0.1, 0.15) is 19.4 Å². The molecule has 5 heteroatoms. The Morgan fingerprint density at radius 2 is 1.90 bits per heavy atom. The second-order valence-electron chi connectivity index (χ2n) is 4.35. The van der Waals surface area contributed by atoms with Crippen molar-refractivity contribution in [3.63, 3.8) is 0 Å². The molecular weight excluding hydrogens is 340 g/mol. The van der Waals surface area contributed by atoms with E-state index in [1.54, 1.807) is 11.3 Å². The first-order valence-corrected chi connectivity index (χ1v) is 8.36. The van der Waals surface area contributed by atoms with E-state index >= 15 is 0 Å². The molecule has 0 bridgehead atoms. The van der Waals surface area contributed by atoms with Crippen molar-refractivity contribution in [3.8, 4) is 5.75 Å². The molecule has 0 saturated heterocycles. The van der Waals surface area contributed by atoms with Gasteiger partial charge in [-0.2, -0.15) is 0 Å². The lowest BCUT2D eigenvalue weighted by molar-refractivity contribution is -0.152. The molecule has 0 aliphatic rings. The summed E-state index contributed by atoms with van der Waals surface area (Å²) in [5, 5.41) is 3.37. The highest BCUT2D eigenvalue weighted by atomic mass is 79.9. The number of ether oxygens (including phenoxy) is 3. The number of fused-ring (bicyclic) bond motifs is 1. The molecule has 0 atom stereocenters. The smallest absolute Gasteiger partial charge is 0.191 e. The van der Waals surface area contributed by atoms with Crippen LogP contribution in [0.25, 0.3) is 10.1 Å². The van der Waals surface area contributed by atoms with Gasteiger partial charge in [-0.3, -0.25) is 0 Å². The Hall–Kier alpha value is -0.620. The number of halogens is 1. The number of benzene rings is 1. The van der Waals surface area contributed by atoms with Crippen LogP contribution in [0, 0.1) is 6.92 Å². The summed E-state index contributed by atoms with van der Waals surface area (Å²) in [6, 6.07) is 4.11. The molecule has 0 amide bonds. The molecule has 20 heavy (non-hydrogen) atoms. The Morgan fingerprint density at radius 3 is 2.55 bits per heavy atom. The summed E-state index contributed by atoms with van der Waals surface area (Å²) < 4.78 is 19.1. The van der Waals surface area contributed by atoms with E-state index in [0.29, 0.717) is 19.8 Å². The summed E-state index contributed by atoms with van der Waals surface area (Å²) in [6.07, 6.45) is -0.319. The second-order valence-corrected chi connectivity index (χ2v) is 6.15. The average Bonchev–Trinajstić information content (AvgIpc) is 2.78. The number of hydrogen-bond acceptors (Lipinski definition) is 4. The van der Waals surface area contributed by atoms with Crippen molar-refractivity contribution < 1.29 is 14.2 Å². The minimum atomic E-state index is -0.319. The van der Waals surface area contributed by atoms with Crippen LogP contribution in [-0.2, 0) is 9.47 Å². The SMILES string of the molecule is CCOC(COc1cc(Br)cc2c(C)csc12)OCC. The standard InChI is InChI=1S/C15H19BrO3S/c1-4-17-14(18-5-2)8-19-13-7-11(16)6-12-10(3)9-20-15(12)13/h6-7,9,14H,4-5,8H2,1-3H3. The summed E-state index contributed by atoms with van der Waals surface area (Å²) in [6.45, 7) is 7.63. The third-order valence-electron chi connectivity index (χ3n) is 2.88. The number of hydrogen-bond donors (Lipinski definition) is 0. The lowest BCUT2D eigenvalue weighted by Gasteiger charge is -2.18. The highest BCUT2D eigenvalue weighted by molar-refractivity contribution is 9.10. The molecule has 0 saturated carbocycles. The van der Waals surface area contributed by atoms with Gasteiger partial charge in [0.15, 0.2) is 6.29 Å². The lowest BCUT2D eigenvalue weighted by Crippen LogP contribution is -2.25. The zero-order valence-electron chi connectivity index (χ0n) is 11.9. The molecule has 0 aliphatic heterocycles. The number of thiophene rings is 1. The van der Waals surface area contributed by atoms with Gasteiger partial charge in [0.05, 0.1) is 4.70 Å². The zero-order valence-corrected chi connectivity index (χ0v) is 14.3. The fraction of sp³-hybridized carbons (Fsp3) is 0.467. The molecule has 0 N–H and O–H groups in total. The van der Waals surface area contributed by atoms with Crippen molar-refractivity contribution in [1.82, 2.24) is 0 Å². The molecule has 0 radical (unpaired) electrons. The van der Waals surface area contributed by atoms with E-state index in [0.717, 1.165) is 14.9 Å². The van der Waals surface area contributed by atoms with Crippen LogP contribution in [0.4, 0.5) is 0 Å². The predicted octanol–water partition coefficient (Wildman–Crippen LogP) is 4.75. The van der Waals surface area contributed by atoms with Crippen molar-refractivity contribution >= 4 is 37.4 Å². The number of aryl methyl sites for hydroxylation is 1. The van der Waals surface area contributed by atoms with Crippen LogP contribution in [0.5, 0.6) is 5.75 Å². The van der Waals surface area contributed by atoms with Gasteiger partial charge in [0.25, 0.3) is 0 Å². The summed E-state index contributed by atoms with van der Waals surface area (Å²) in [7, 11) is 0. The highest BCUT2D eigenvalue weighted by Crippen LogP contribution is 2.36. The van der Waals surface area contributed by atoms with Crippen LogP contribution in [0.3, 0.4) is 0 Å². The molecule has 0 fully saturated rings. The van der Waals surface area contributed by atoms with Crippen LogP contribution < -0.4 is 4.74 Å². The number of rotatable bonds is 7. The lowest BCUT2D eigenvalue weighted by atomic mass is 10.2. The minimum absolute atomic E-state index is 0.319. The molecule has 2 aromatic rings. The topological polar surface area (TPSA) is 27.7 Å². The Kier molecular flexibility index (Phi) is 5.84.